The second kappa shape index (κ2) is 3.47. The van der Waals surface area contributed by atoms with Crippen LogP contribution in [-0.2, 0) is 0 Å². The zero-order chi connectivity index (χ0) is 7.23. The van der Waals surface area contributed by atoms with Crippen LogP contribution in [0.25, 0.3) is 0 Å². The van der Waals surface area contributed by atoms with Gasteiger partial charge in [0.2, 0.25) is 0 Å². The van der Waals surface area contributed by atoms with Gasteiger partial charge < -0.3 is 0 Å². The van der Waals surface area contributed by atoms with Gasteiger partial charge in [-0.15, -0.1) is 0 Å². The van der Waals surface area contributed by atoms with Gasteiger partial charge >= 0.3 is 6.29 Å². The Bertz CT molecular complexity index is 264. The van der Waals surface area contributed by atoms with E-state index < -0.39 is 0 Å². The summed E-state index contributed by atoms with van der Waals surface area (Å²) in [6.07, 6.45) is 0.840. The van der Waals surface area contributed by atoms with E-state index in [4.69, 9.17) is 4.79 Å². The predicted molar refractivity (Wildman–Crippen MR) is 41.3 cm³/mol. The van der Waals surface area contributed by atoms with E-state index in [9.17, 15) is 0 Å². The molecule has 0 aliphatic heterocycles. The molecule has 0 aliphatic rings. The summed E-state index contributed by atoms with van der Waals surface area (Å²) < 4.78 is 0. The minimum atomic E-state index is 0.840. The summed E-state index contributed by atoms with van der Waals surface area (Å²) in [5.74, 6) is 5.18. The Hall–Kier alpha value is -1.55. The first kappa shape index (κ1) is 6.57. The third-order valence-corrected chi connectivity index (χ3v) is 1.05. The lowest BCUT2D eigenvalue weighted by molar-refractivity contribution is 0.698. The fourth-order valence-corrected chi connectivity index (χ4v) is 0.637. The largest absolute Gasteiger partial charge is 0.356 e. The Kier molecular flexibility index (Phi) is 2.28. The molecule has 0 saturated carbocycles. The van der Waals surface area contributed by atoms with Crippen molar-refractivity contribution in [3.8, 4) is 11.8 Å². The van der Waals surface area contributed by atoms with E-state index in [0.717, 1.165) is 11.8 Å². The molecule has 0 fully saturated rings. The van der Waals surface area contributed by atoms with Crippen molar-refractivity contribution in [3.63, 3.8) is 0 Å². The van der Waals surface area contributed by atoms with Crippen molar-refractivity contribution in [1.29, 1.82) is 0 Å². The third-order valence-electron chi connectivity index (χ3n) is 1.05. The van der Waals surface area contributed by atoms with Crippen molar-refractivity contribution in [3.05, 3.63) is 35.9 Å². The van der Waals surface area contributed by atoms with Crippen LogP contribution in [0.1, 0.15) is 5.56 Å². The van der Waals surface area contributed by atoms with E-state index in [1.54, 1.807) is 0 Å². The molecule has 0 heterocycles. The highest BCUT2D eigenvalue weighted by atomic mass is 16.1. The first-order chi connectivity index (χ1) is 4.93. The molecule has 1 nitrogen and oxygen atoms in total. The standard InChI is InChI=1S/C9H6O/c10-8-4-7-9-5-2-1-3-6-9/h1-3,5-6,8H/p+1. The molecule has 0 amide bonds. The van der Waals surface area contributed by atoms with Crippen LogP contribution in [0.3, 0.4) is 0 Å². The lowest BCUT2D eigenvalue weighted by Gasteiger charge is -1.82. The summed E-state index contributed by atoms with van der Waals surface area (Å²) in [6.45, 7) is 0. The molecule has 0 atom stereocenters. The first-order valence-corrected chi connectivity index (χ1v) is 2.96. The summed E-state index contributed by atoms with van der Waals surface area (Å²) in [5.41, 5.74) is 0.910. The van der Waals surface area contributed by atoms with Crippen molar-refractivity contribution in [2.24, 2.45) is 0 Å². The summed E-state index contributed by atoms with van der Waals surface area (Å²) in [4.78, 5) is 8.23. The summed E-state index contributed by atoms with van der Waals surface area (Å²) in [7, 11) is 0. The average Bonchev–Trinajstić information content (AvgIpc) is 2.03. The molecular formula is C9H7O+. The van der Waals surface area contributed by atoms with Crippen molar-refractivity contribution >= 4 is 6.29 Å². The van der Waals surface area contributed by atoms with Gasteiger partial charge in [0.05, 0.1) is 0 Å². The summed E-state index contributed by atoms with van der Waals surface area (Å²) in [6, 6.07) is 9.50. The maximum Gasteiger partial charge on any atom is 0.356 e. The van der Waals surface area contributed by atoms with Gasteiger partial charge in [-0.1, -0.05) is 24.1 Å². The van der Waals surface area contributed by atoms with E-state index in [1.807, 2.05) is 30.3 Å². The summed E-state index contributed by atoms with van der Waals surface area (Å²) >= 11 is 0. The van der Waals surface area contributed by atoms with E-state index in [2.05, 4.69) is 11.8 Å². The van der Waals surface area contributed by atoms with Crippen LogP contribution in [0.2, 0.25) is 0 Å². The zero-order valence-corrected chi connectivity index (χ0v) is 5.41. The van der Waals surface area contributed by atoms with E-state index in [1.165, 1.54) is 0 Å². The molecule has 0 radical (unpaired) electrons. The molecule has 1 heteroatoms. The Morgan fingerprint density at radius 3 is 2.50 bits per heavy atom. The Morgan fingerprint density at radius 2 is 1.90 bits per heavy atom. The smallest absolute Gasteiger partial charge is 0.272 e. The van der Waals surface area contributed by atoms with Gasteiger partial charge in [-0.05, 0) is 12.1 Å². The second-order valence-corrected chi connectivity index (χ2v) is 1.76. The van der Waals surface area contributed by atoms with E-state index in [-0.39, 0.29) is 0 Å². The normalized spacial score (nSPS) is 7.60. The van der Waals surface area contributed by atoms with Crippen LogP contribution < -0.4 is 0 Å². The highest BCUT2D eigenvalue weighted by molar-refractivity contribution is 5.74. The third kappa shape index (κ3) is 1.75. The van der Waals surface area contributed by atoms with Gasteiger partial charge in [0.25, 0.3) is 0 Å². The first-order valence-electron chi connectivity index (χ1n) is 2.96. The van der Waals surface area contributed by atoms with Gasteiger partial charge in [0.1, 0.15) is 0 Å². The minimum Gasteiger partial charge on any atom is -0.272 e. The molecule has 48 valence electrons. The maximum atomic E-state index is 8.23. The number of aldehydes is 1. The van der Waals surface area contributed by atoms with Crippen molar-refractivity contribution in [2.75, 3.05) is 0 Å². The molecule has 1 aromatic rings. The average molecular weight is 131 g/mol. The van der Waals surface area contributed by atoms with E-state index >= 15 is 0 Å². The minimum absolute atomic E-state index is 0.840. The zero-order valence-electron chi connectivity index (χ0n) is 5.41. The fraction of sp³-hybridized carbons (Fsp3) is 0. The number of benzene rings is 1. The Balaban J connectivity index is 2.86. The molecule has 0 aliphatic carbocycles. The number of rotatable bonds is 0. The SMILES string of the molecule is [OH+]=CC#Cc1ccccc1. The molecule has 0 spiro atoms. The van der Waals surface area contributed by atoms with Gasteiger partial charge in [-0.2, -0.15) is 0 Å². The van der Waals surface area contributed by atoms with Crippen LogP contribution in [0.5, 0.6) is 0 Å². The van der Waals surface area contributed by atoms with Crippen LogP contribution in [0.4, 0.5) is 0 Å². The molecule has 10 heavy (non-hydrogen) atoms. The number of carbonyl (C=O) groups excluding carboxylic acids is 1. The molecule has 1 rings (SSSR count). The Morgan fingerprint density at radius 1 is 1.20 bits per heavy atom. The van der Waals surface area contributed by atoms with Crippen molar-refractivity contribution in [2.45, 2.75) is 0 Å². The fourth-order valence-electron chi connectivity index (χ4n) is 0.637. The molecule has 1 aromatic carbocycles. The van der Waals surface area contributed by atoms with Crippen LogP contribution in [-0.4, -0.2) is 11.1 Å². The molecular weight excluding hydrogens is 124 g/mol. The van der Waals surface area contributed by atoms with Gasteiger partial charge in [-0.3, -0.25) is 4.79 Å². The van der Waals surface area contributed by atoms with E-state index in [0.29, 0.717) is 0 Å². The quantitative estimate of drug-likeness (QED) is 0.287. The highest BCUT2D eigenvalue weighted by Gasteiger charge is 1.79. The molecule has 0 aromatic heterocycles. The van der Waals surface area contributed by atoms with Crippen molar-refractivity contribution in [1.82, 2.24) is 0 Å². The van der Waals surface area contributed by atoms with Crippen LogP contribution in [0.15, 0.2) is 30.3 Å². The second-order valence-electron chi connectivity index (χ2n) is 1.76. The predicted octanol–water partition coefficient (Wildman–Crippen LogP) is 1.21. The molecule has 1 N–H and O–H groups in total. The Labute approximate surface area is 59.7 Å². The summed E-state index contributed by atoms with van der Waals surface area (Å²) in [5, 5.41) is 0. The van der Waals surface area contributed by atoms with Crippen LogP contribution >= 0.6 is 0 Å². The molecule has 0 bridgehead atoms. The number of hydrogen-bond acceptors (Lipinski definition) is 0. The van der Waals surface area contributed by atoms with Crippen molar-refractivity contribution < 1.29 is 4.79 Å². The number of hydrogen-bond donors (Lipinski definition) is 0. The maximum absolute atomic E-state index is 8.23. The lowest BCUT2D eigenvalue weighted by atomic mass is 10.2. The monoisotopic (exact) mass is 131 g/mol. The topological polar surface area (TPSA) is 21.4 Å². The van der Waals surface area contributed by atoms with Crippen LogP contribution in [0, 0.1) is 11.8 Å². The lowest BCUT2D eigenvalue weighted by Crippen LogP contribution is -1.70. The van der Waals surface area contributed by atoms with Gasteiger partial charge in [-0.25, -0.2) is 0 Å². The molecule has 0 saturated heterocycles. The van der Waals surface area contributed by atoms with Gasteiger partial charge in [0, 0.05) is 11.5 Å². The molecule has 0 unspecified atom stereocenters. The highest BCUT2D eigenvalue weighted by Crippen LogP contribution is 1.93. The van der Waals surface area contributed by atoms with Gasteiger partial charge in [0.15, 0.2) is 0 Å².